The zero-order valence-electron chi connectivity index (χ0n) is 12.9. The molecular weight excluding hydrogens is 242 g/mol. The fourth-order valence-electron chi connectivity index (χ4n) is 1.87. The van der Waals surface area contributed by atoms with Crippen molar-refractivity contribution in [1.82, 2.24) is 0 Å². The molecule has 0 heterocycles. The van der Waals surface area contributed by atoms with Gasteiger partial charge in [0.15, 0.2) is 0 Å². The summed E-state index contributed by atoms with van der Waals surface area (Å²) < 4.78 is 0. The van der Waals surface area contributed by atoms with E-state index in [0.717, 1.165) is 0 Å². The maximum atomic E-state index is 2.47. The Balaban J connectivity index is 3.72. The van der Waals surface area contributed by atoms with E-state index in [2.05, 4.69) is 41.5 Å². The third-order valence-corrected chi connectivity index (χ3v) is 8.91. The SMILES string of the molecule is CCC(C)(CC)PCCCPC(C)(CC)CC. The Bertz CT molecular complexity index is 161. The normalized spacial score (nSPS) is 14.5. The topological polar surface area (TPSA) is 0 Å². The van der Waals surface area contributed by atoms with E-state index in [1.54, 1.807) is 0 Å². The van der Waals surface area contributed by atoms with E-state index in [-0.39, 0.29) is 0 Å². The summed E-state index contributed by atoms with van der Waals surface area (Å²) in [6.07, 6.45) is 9.81. The van der Waals surface area contributed by atoms with Crippen molar-refractivity contribution in [3.8, 4) is 0 Å². The summed E-state index contributed by atoms with van der Waals surface area (Å²) >= 11 is 0. The fraction of sp³-hybridized carbons (Fsp3) is 1.00. The van der Waals surface area contributed by atoms with Crippen molar-refractivity contribution in [3.63, 3.8) is 0 Å². The van der Waals surface area contributed by atoms with Crippen LogP contribution in [0, 0.1) is 0 Å². The molecule has 0 saturated heterocycles. The maximum Gasteiger partial charge on any atom is -0.0155 e. The van der Waals surface area contributed by atoms with Crippen molar-refractivity contribution >= 4 is 17.2 Å². The second kappa shape index (κ2) is 8.87. The van der Waals surface area contributed by atoms with Crippen LogP contribution in [0.5, 0.6) is 0 Å². The van der Waals surface area contributed by atoms with Gasteiger partial charge in [-0.15, -0.1) is 17.2 Å². The predicted molar refractivity (Wildman–Crippen MR) is 89.0 cm³/mol. The second-order valence-corrected chi connectivity index (χ2v) is 9.86. The smallest absolute Gasteiger partial charge is 0.0155 e. The predicted octanol–water partition coefficient (Wildman–Crippen LogP) is 5.89. The van der Waals surface area contributed by atoms with Gasteiger partial charge in [0, 0.05) is 0 Å². The summed E-state index contributed by atoms with van der Waals surface area (Å²) in [4.78, 5) is 0. The number of hydrogen-bond donors (Lipinski definition) is 0. The molecule has 17 heavy (non-hydrogen) atoms. The molecule has 0 spiro atoms. The number of rotatable bonds is 10. The molecule has 0 radical (unpaired) electrons. The highest BCUT2D eigenvalue weighted by molar-refractivity contribution is 7.41. The molecule has 0 aliphatic heterocycles. The van der Waals surface area contributed by atoms with E-state index in [0.29, 0.717) is 10.3 Å². The average Bonchev–Trinajstić information content (AvgIpc) is 2.37. The Hall–Kier alpha value is 0.860. The van der Waals surface area contributed by atoms with Gasteiger partial charge in [0.25, 0.3) is 0 Å². The number of hydrogen-bond acceptors (Lipinski definition) is 0. The fourth-order valence-corrected chi connectivity index (χ4v) is 5.14. The summed E-state index contributed by atoms with van der Waals surface area (Å²) in [7, 11) is 2.35. The molecule has 2 unspecified atom stereocenters. The Labute approximate surface area is 114 Å². The molecule has 2 atom stereocenters. The van der Waals surface area contributed by atoms with E-state index in [9.17, 15) is 0 Å². The minimum atomic E-state index is 0.641. The van der Waals surface area contributed by atoms with E-state index in [1.807, 2.05) is 0 Å². The van der Waals surface area contributed by atoms with Crippen LogP contribution in [-0.4, -0.2) is 22.6 Å². The van der Waals surface area contributed by atoms with E-state index < -0.39 is 0 Å². The largest absolute Gasteiger partial charge is 0.116 e. The summed E-state index contributed by atoms with van der Waals surface area (Å²) in [5, 5.41) is 1.28. The van der Waals surface area contributed by atoms with Crippen LogP contribution < -0.4 is 0 Å². The Morgan fingerprint density at radius 2 is 0.941 bits per heavy atom. The maximum absolute atomic E-state index is 2.47. The Kier molecular flexibility index (Phi) is 9.32. The van der Waals surface area contributed by atoms with Crippen molar-refractivity contribution < 1.29 is 0 Å². The van der Waals surface area contributed by atoms with Gasteiger partial charge in [-0.05, 0) is 54.7 Å². The van der Waals surface area contributed by atoms with Crippen LogP contribution in [0.15, 0.2) is 0 Å². The van der Waals surface area contributed by atoms with Gasteiger partial charge in [-0.25, -0.2) is 0 Å². The third-order valence-electron chi connectivity index (χ3n) is 4.58. The molecule has 0 rings (SSSR count). The molecule has 0 amide bonds. The van der Waals surface area contributed by atoms with Crippen LogP contribution in [0.3, 0.4) is 0 Å². The highest BCUT2D eigenvalue weighted by Gasteiger charge is 2.20. The summed E-state index contributed by atoms with van der Waals surface area (Å²) in [5.41, 5.74) is 0. The molecule has 0 saturated carbocycles. The quantitative estimate of drug-likeness (QED) is 0.344. The van der Waals surface area contributed by atoms with Crippen LogP contribution >= 0.6 is 17.2 Å². The zero-order valence-corrected chi connectivity index (χ0v) is 14.9. The van der Waals surface area contributed by atoms with Gasteiger partial charge >= 0.3 is 0 Å². The third kappa shape index (κ3) is 7.12. The van der Waals surface area contributed by atoms with Crippen LogP contribution in [0.25, 0.3) is 0 Å². The molecule has 0 aromatic heterocycles. The minimum Gasteiger partial charge on any atom is -0.116 e. The summed E-state index contributed by atoms with van der Waals surface area (Å²) in [6, 6.07) is 0. The highest BCUT2D eigenvalue weighted by atomic mass is 31.1. The van der Waals surface area contributed by atoms with Gasteiger partial charge < -0.3 is 0 Å². The van der Waals surface area contributed by atoms with Gasteiger partial charge in [-0.3, -0.25) is 0 Å². The van der Waals surface area contributed by atoms with Gasteiger partial charge in [0.1, 0.15) is 0 Å². The van der Waals surface area contributed by atoms with Crippen molar-refractivity contribution in [2.75, 3.05) is 12.3 Å². The Morgan fingerprint density at radius 1 is 0.647 bits per heavy atom. The summed E-state index contributed by atoms with van der Waals surface area (Å²) in [5.74, 6) is 0. The van der Waals surface area contributed by atoms with Crippen LogP contribution in [0.4, 0.5) is 0 Å². The lowest BCUT2D eigenvalue weighted by molar-refractivity contribution is 0.590. The van der Waals surface area contributed by atoms with Crippen LogP contribution in [0.2, 0.25) is 0 Å². The van der Waals surface area contributed by atoms with Gasteiger partial charge in [-0.1, -0.05) is 41.5 Å². The van der Waals surface area contributed by atoms with Gasteiger partial charge in [0.2, 0.25) is 0 Å². The van der Waals surface area contributed by atoms with Crippen molar-refractivity contribution in [3.05, 3.63) is 0 Å². The van der Waals surface area contributed by atoms with E-state index in [1.165, 1.54) is 61.6 Å². The molecule has 0 fully saturated rings. The lowest BCUT2D eigenvalue weighted by atomic mass is 10.1. The zero-order chi connectivity index (χ0) is 13.4. The molecule has 0 aliphatic carbocycles. The molecule has 0 N–H and O–H groups in total. The molecule has 0 aliphatic rings. The molecular formula is C15H34P2. The monoisotopic (exact) mass is 276 g/mol. The molecule has 0 aromatic rings. The Morgan fingerprint density at radius 3 is 1.18 bits per heavy atom. The first-order valence-electron chi connectivity index (χ1n) is 7.45. The standard InChI is InChI=1S/C15H34P2/c1-7-14(5,8-2)16-12-11-13-17-15(6,9-3)10-4/h16-17H,7-13H2,1-6H3. The minimum absolute atomic E-state index is 0.641. The lowest BCUT2D eigenvalue weighted by Gasteiger charge is -2.28. The van der Waals surface area contributed by atoms with Gasteiger partial charge in [0.05, 0.1) is 0 Å². The van der Waals surface area contributed by atoms with Crippen LogP contribution in [-0.2, 0) is 0 Å². The first-order chi connectivity index (χ1) is 7.95. The average molecular weight is 276 g/mol. The molecule has 0 bridgehead atoms. The molecule has 0 aromatic carbocycles. The van der Waals surface area contributed by atoms with E-state index in [4.69, 9.17) is 0 Å². The van der Waals surface area contributed by atoms with Gasteiger partial charge in [-0.2, -0.15) is 0 Å². The first kappa shape index (κ1) is 17.9. The van der Waals surface area contributed by atoms with Crippen molar-refractivity contribution in [2.45, 2.75) is 84.0 Å². The highest BCUT2D eigenvalue weighted by Crippen LogP contribution is 2.41. The van der Waals surface area contributed by atoms with Crippen molar-refractivity contribution in [2.24, 2.45) is 0 Å². The lowest BCUT2D eigenvalue weighted by Crippen LogP contribution is -2.17. The van der Waals surface area contributed by atoms with E-state index >= 15 is 0 Å². The molecule has 2 heteroatoms. The first-order valence-corrected chi connectivity index (χ1v) is 9.86. The summed E-state index contributed by atoms with van der Waals surface area (Å²) in [6.45, 7) is 14.3. The second-order valence-electron chi connectivity index (χ2n) is 5.74. The van der Waals surface area contributed by atoms with Crippen molar-refractivity contribution in [1.29, 1.82) is 0 Å². The molecule has 104 valence electrons. The molecule has 0 nitrogen and oxygen atoms in total. The van der Waals surface area contributed by atoms with Crippen LogP contribution in [0.1, 0.15) is 73.6 Å².